The van der Waals surface area contributed by atoms with Gasteiger partial charge in [0, 0.05) is 48.8 Å². The standard InChI is InChI=1S/C22H32ClN3O/c23-18-4-1-5-21(15-18)25-13-10-20(11-14-25)26-12-2-3-17(16-26)6-9-22(27)24-19-7-8-19/h1,4-5,15,17,19-20H,2-3,6-14,16H2,(H,24,27)/t17-/m0/s1. The van der Waals surface area contributed by atoms with Gasteiger partial charge in [0.25, 0.3) is 0 Å². The molecule has 2 saturated heterocycles. The summed E-state index contributed by atoms with van der Waals surface area (Å²) in [7, 11) is 0. The lowest BCUT2D eigenvalue weighted by molar-refractivity contribution is -0.121. The lowest BCUT2D eigenvalue weighted by Crippen LogP contribution is -2.48. The largest absolute Gasteiger partial charge is 0.371 e. The number of rotatable bonds is 6. The molecule has 5 heteroatoms. The summed E-state index contributed by atoms with van der Waals surface area (Å²) in [5.74, 6) is 0.958. The van der Waals surface area contributed by atoms with Crippen molar-refractivity contribution in [2.75, 3.05) is 31.1 Å². The van der Waals surface area contributed by atoms with Crippen molar-refractivity contribution in [2.45, 2.75) is 63.5 Å². The van der Waals surface area contributed by atoms with E-state index < -0.39 is 0 Å². The van der Waals surface area contributed by atoms with Crippen LogP contribution in [0.15, 0.2) is 24.3 Å². The van der Waals surface area contributed by atoms with Crippen LogP contribution in [0, 0.1) is 5.92 Å². The maximum Gasteiger partial charge on any atom is 0.220 e. The van der Waals surface area contributed by atoms with Crippen LogP contribution in [0.1, 0.15) is 51.4 Å². The number of amides is 1. The van der Waals surface area contributed by atoms with Gasteiger partial charge >= 0.3 is 0 Å². The fourth-order valence-corrected chi connectivity index (χ4v) is 4.87. The van der Waals surface area contributed by atoms with Crippen molar-refractivity contribution in [1.29, 1.82) is 0 Å². The van der Waals surface area contributed by atoms with E-state index in [1.54, 1.807) is 0 Å². The Morgan fingerprint density at radius 3 is 2.67 bits per heavy atom. The van der Waals surface area contributed by atoms with Crippen LogP contribution in [0.5, 0.6) is 0 Å². The van der Waals surface area contributed by atoms with Gasteiger partial charge in [-0.25, -0.2) is 0 Å². The quantitative estimate of drug-likeness (QED) is 0.796. The molecule has 0 radical (unpaired) electrons. The second-order valence-corrected chi connectivity index (χ2v) is 9.02. The molecule has 3 aliphatic rings. The Kier molecular flexibility index (Phi) is 6.24. The molecule has 1 saturated carbocycles. The van der Waals surface area contributed by atoms with E-state index in [2.05, 4.69) is 27.2 Å². The molecule has 27 heavy (non-hydrogen) atoms. The number of benzene rings is 1. The summed E-state index contributed by atoms with van der Waals surface area (Å²) in [4.78, 5) is 17.1. The molecule has 1 aliphatic carbocycles. The van der Waals surface area contributed by atoms with Crippen LogP contribution in [-0.4, -0.2) is 49.1 Å². The lowest BCUT2D eigenvalue weighted by atomic mass is 9.90. The zero-order valence-corrected chi connectivity index (χ0v) is 17.0. The number of halogens is 1. The highest BCUT2D eigenvalue weighted by Gasteiger charge is 2.29. The van der Waals surface area contributed by atoms with Crippen molar-refractivity contribution in [3.05, 3.63) is 29.3 Å². The number of hydrogen-bond donors (Lipinski definition) is 1. The number of nitrogens with zero attached hydrogens (tertiary/aromatic N) is 2. The van der Waals surface area contributed by atoms with Gasteiger partial charge in [-0.3, -0.25) is 9.69 Å². The second kappa shape index (κ2) is 8.83. The molecule has 0 aromatic heterocycles. The molecule has 0 bridgehead atoms. The lowest BCUT2D eigenvalue weighted by Gasteiger charge is -2.43. The smallest absolute Gasteiger partial charge is 0.220 e. The molecule has 0 spiro atoms. The Labute approximate surface area is 168 Å². The predicted octanol–water partition coefficient (Wildman–Crippen LogP) is 4.08. The Morgan fingerprint density at radius 1 is 1.11 bits per heavy atom. The Morgan fingerprint density at radius 2 is 1.93 bits per heavy atom. The Bertz CT molecular complexity index is 640. The first-order valence-electron chi connectivity index (χ1n) is 10.7. The highest BCUT2D eigenvalue weighted by Crippen LogP contribution is 2.29. The zero-order chi connectivity index (χ0) is 18.6. The monoisotopic (exact) mass is 389 g/mol. The highest BCUT2D eigenvalue weighted by atomic mass is 35.5. The van der Waals surface area contributed by atoms with Crippen LogP contribution in [0.25, 0.3) is 0 Å². The van der Waals surface area contributed by atoms with E-state index >= 15 is 0 Å². The molecule has 2 heterocycles. The molecule has 4 rings (SSSR count). The van der Waals surface area contributed by atoms with Gasteiger partial charge in [0.2, 0.25) is 5.91 Å². The fraction of sp³-hybridized carbons (Fsp3) is 0.682. The molecule has 4 nitrogen and oxygen atoms in total. The number of likely N-dealkylation sites (tertiary alicyclic amines) is 1. The molecular weight excluding hydrogens is 358 g/mol. The Balaban J connectivity index is 1.22. The predicted molar refractivity (Wildman–Crippen MR) is 111 cm³/mol. The van der Waals surface area contributed by atoms with E-state index in [-0.39, 0.29) is 5.91 Å². The summed E-state index contributed by atoms with van der Waals surface area (Å²) in [5.41, 5.74) is 1.25. The van der Waals surface area contributed by atoms with E-state index in [1.165, 1.54) is 57.3 Å². The average molecular weight is 390 g/mol. The normalized spacial score (nSPS) is 24.8. The number of nitrogens with one attached hydrogen (secondary N) is 1. The van der Waals surface area contributed by atoms with E-state index in [0.29, 0.717) is 24.4 Å². The van der Waals surface area contributed by atoms with Crippen molar-refractivity contribution in [1.82, 2.24) is 10.2 Å². The highest BCUT2D eigenvalue weighted by molar-refractivity contribution is 6.30. The number of hydrogen-bond acceptors (Lipinski definition) is 3. The molecule has 1 aromatic carbocycles. The summed E-state index contributed by atoms with van der Waals surface area (Å²) in [5, 5.41) is 3.94. The third-order valence-electron chi connectivity index (χ3n) is 6.43. The minimum atomic E-state index is 0.268. The molecular formula is C22H32ClN3O. The van der Waals surface area contributed by atoms with Crippen LogP contribution in [0.2, 0.25) is 5.02 Å². The van der Waals surface area contributed by atoms with Crippen LogP contribution in [0.4, 0.5) is 5.69 Å². The van der Waals surface area contributed by atoms with Crippen LogP contribution in [-0.2, 0) is 4.79 Å². The minimum Gasteiger partial charge on any atom is -0.371 e. The van der Waals surface area contributed by atoms with Crippen molar-refractivity contribution in [3.8, 4) is 0 Å². The third kappa shape index (κ3) is 5.39. The molecule has 1 N–H and O–H groups in total. The van der Waals surface area contributed by atoms with Crippen molar-refractivity contribution < 1.29 is 4.79 Å². The van der Waals surface area contributed by atoms with Gasteiger partial charge < -0.3 is 10.2 Å². The van der Waals surface area contributed by atoms with Gasteiger partial charge in [-0.2, -0.15) is 0 Å². The van der Waals surface area contributed by atoms with E-state index in [9.17, 15) is 4.79 Å². The van der Waals surface area contributed by atoms with E-state index in [0.717, 1.165) is 24.5 Å². The number of carbonyl (C=O) groups is 1. The SMILES string of the molecule is O=C(CC[C@@H]1CCCN(C2CCN(c3cccc(Cl)c3)CC2)C1)NC1CC1. The molecule has 2 aliphatic heterocycles. The van der Waals surface area contributed by atoms with Gasteiger partial charge in [0.05, 0.1) is 0 Å². The van der Waals surface area contributed by atoms with Crippen molar-refractivity contribution in [2.24, 2.45) is 5.92 Å². The number of piperidine rings is 2. The summed E-state index contributed by atoms with van der Waals surface area (Å²) in [6.45, 7) is 4.62. The van der Waals surface area contributed by atoms with Gasteiger partial charge in [-0.1, -0.05) is 17.7 Å². The zero-order valence-electron chi connectivity index (χ0n) is 16.2. The van der Waals surface area contributed by atoms with Crippen molar-refractivity contribution >= 4 is 23.2 Å². The first-order chi connectivity index (χ1) is 13.2. The minimum absolute atomic E-state index is 0.268. The molecule has 1 aromatic rings. The second-order valence-electron chi connectivity index (χ2n) is 8.58. The molecule has 0 unspecified atom stereocenters. The Hall–Kier alpha value is -1.26. The summed E-state index contributed by atoms with van der Waals surface area (Å²) in [6.07, 6.45) is 9.13. The molecule has 1 atom stereocenters. The summed E-state index contributed by atoms with van der Waals surface area (Å²) >= 11 is 6.15. The maximum absolute atomic E-state index is 12.0. The van der Waals surface area contributed by atoms with Gasteiger partial charge in [0.1, 0.15) is 0 Å². The van der Waals surface area contributed by atoms with E-state index in [1.807, 2.05) is 12.1 Å². The van der Waals surface area contributed by atoms with Crippen LogP contribution in [0.3, 0.4) is 0 Å². The van der Waals surface area contributed by atoms with E-state index in [4.69, 9.17) is 11.6 Å². The number of carbonyl (C=O) groups excluding carboxylic acids is 1. The maximum atomic E-state index is 12.0. The average Bonchev–Trinajstić information content (AvgIpc) is 3.51. The van der Waals surface area contributed by atoms with Crippen LogP contribution >= 0.6 is 11.6 Å². The third-order valence-corrected chi connectivity index (χ3v) is 6.66. The molecule has 3 fully saturated rings. The molecule has 148 valence electrons. The van der Waals surface area contributed by atoms with Gasteiger partial charge in [-0.15, -0.1) is 0 Å². The summed E-state index contributed by atoms with van der Waals surface area (Å²) < 4.78 is 0. The molecule has 1 amide bonds. The van der Waals surface area contributed by atoms with Crippen molar-refractivity contribution in [3.63, 3.8) is 0 Å². The first kappa shape index (κ1) is 19.1. The summed E-state index contributed by atoms with van der Waals surface area (Å²) in [6, 6.07) is 9.41. The van der Waals surface area contributed by atoms with Gasteiger partial charge in [-0.05, 0) is 75.6 Å². The topological polar surface area (TPSA) is 35.6 Å². The number of anilines is 1. The van der Waals surface area contributed by atoms with Crippen LogP contribution < -0.4 is 10.2 Å². The first-order valence-corrected chi connectivity index (χ1v) is 11.1. The van der Waals surface area contributed by atoms with Gasteiger partial charge in [0.15, 0.2) is 0 Å². The fourth-order valence-electron chi connectivity index (χ4n) is 4.69.